The van der Waals surface area contributed by atoms with E-state index in [0.717, 1.165) is 28.2 Å². The van der Waals surface area contributed by atoms with E-state index >= 15 is 0 Å². The quantitative estimate of drug-likeness (QED) is 0.228. The summed E-state index contributed by atoms with van der Waals surface area (Å²) in [5.74, 6) is 0. The Morgan fingerprint density at radius 2 is 0.714 bits per heavy atom. The summed E-state index contributed by atoms with van der Waals surface area (Å²) in [4.78, 5) is 0. The zero-order valence-corrected chi connectivity index (χ0v) is 23.1. The van der Waals surface area contributed by atoms with E-state index in [1.165, 1.54) is 33.4 Å². The minimum Gasteiger partial charge on any atom is -0.277 e. The van der Waals surface area contributed by atoms with Gasteiger partial charge in [-0.15, -0.1) is 0 Å². The van der Waals surface area contributed by atoms with E-state index in [-0.39, 0.29) is 0 Å². The van der Waals surface area contributed by atoms with E-state index < -0.39 is 0 Å². The number of nitrogens with one attached hydrogen (secondary N) is 1. The van der Waals surface area contributed by atoms with Gasteiger partial charge in [-0.3, -0.25) is 5.43 Å². The monoisotopic (exact) mass is 539 g/mol. The summed E-state index contributed by atoms with van der Waals surface area (Å²) in [6, 6.07) is 57.1. The molecular weight excluding hydrogens is 510 g/mol. The van der Waals surface area contributed by atoms with Crippen molar-refractivity contribution in [2.24, 2.45) is 5.10 Å². The van der Waals surface area contributed by atoms with Crippen molar-refractivity contribution in [1.82, 2.24) is 5.43 Å². The molecule has 7 rings (SSSR count). The Morgan fingerprint density at radius 3 is 1.17 bits per heavy atom. The van der Waals surface area contributed by atoms with Crippen LogP contribution in [0.3, 0.4) is 0 Å². The van der Waals surface area contributed by atoms with E-state index in [1.54, 1.807) is 0 Å². The van der Waals surface area contributed by atoms with Crippen LogP contribution >= 0.6 is 0 Å². The second kappa shape index (κ2) is 11.4. The number of nitrogens with zero attached hydrogens (tertiary/aromatic N) is 2. The van der Waals surface area contributed by atoms with E-state index in [0.29, 0.717) is 0 Å². The average Bonchev–Trinajstić information content (AvgIpc) is 3.09. The maximum atomic E-state index is 5.03. The van der Waals surface area contributed by atoms with Crippen LogP contribution in [0.1, 0.15) is 11.1 Å². The molecule has 0 aliphatic carbocycles. The molecule has 1 aliphatic rings. The number of rotatable bonds is 6. The molecule has 42 heavy (non-hydrogen) atoms. The molecule has 0 aromatic heterocycles. The smallest absolute Gasteiger partial charge is 0.0949 e. The number of hydrazine groups is 1. The number of anilines is 1. The number of hydrazone groups is 1. The van der Waals surface area contributed by atoms with Crippen molar-refractivity contribution in [3.8, 4) is 33.4 Å². The highest BCUT2D eigenvalue weighted by Crippen LogP contribution is 2.28. The van der Waals surface area contributed by atoms with Gasteiger partial charge in [0.1, 0.15) is 0 Å². The van der Waals surface area contributed by atoms with Crippen LogP contribution in [-0.2, 0) is 0 Å². The van der Waals surface area contributed by atoms with Gasteiger partial charge in [-0.25, -0.2) is 0 Å². The molecule has 0 unspecified atom stereocenters. The Kier molecular flexibility index (Phi) is 6.89. The lowest BCUT2D eigenvalue weighted by Crippen LogP contribution is -2.36. The van der Waals surface area contributed by atoms with Crippen molar-refractivity contribution in [3.63, 3.8) is 0 Å². The zero-order chi connectivity index (χ0) is 28.1. The fourth-order valence-corrected chi connectivity index (χ4v) is 5.22. The molecule has 1 heterocycles. The van der Waals surface area contributed by atoms with Crippen LogP contribution in [0.4, 0.5) is 5.69 Å². The van der Waals surface area contributed by atoms with Gasteiger partial charge in [0.05, 0.1) is 17.1 Å². The lowest BCUT2D eigenvalue weighted by Gasteiger charge is -2.28. The highest BCUT2D eigenvalue weighted by atomic mass is 15.7. The predicted molar refractivity (Wildman–Crippen MR) is 176 cm³/mol. The second-order valence-electron chi connectivity index (χ2n) is 10.3. The summed E-state index contributed by atoms with van der Waals surface area (Å²) in [6.07, 6.45) is 2.13. The maximum Gasteiger partial charge on any atom is 0.0949 e. The van der Waals surface area contributed by atoms with Crippen LogP contribution in [0.5, 0.6) is 0 Å². The zero-order valence-electron chi connectivity index (χ0n) is 23.1. The maximum absolute atomic E-state index is 5.03. The van der Waals surface area contributed by atoms with Crippen molar-refractivity contribution in [2.45, 2.75) is 0 Å². The molecule has 0 spiro atoms. The molecule has 0 saturated heterocycles. The molecule has 6 aromatic rings. The van der Waals surface area contributed by atoms with Crippen LogP contribution in [0.2, 0.25) is 0 Å². The Labute approximate surface area is 246 Å². The van der Waals surface area contributed by atoms with Gasteiger partial charge in [0, 0.05) is 5.56 Å². The first kappa shape index (κ1) is 25.3. The molecule has 1 N–H and O–H groups in total. The lowest BCUT2D eigenvalue weighted by atomic mass is 9.99. The molecule has 3 heteroatoms. The van der Waals surface area contributed by atoms with Gasteiger partial charge in [-0.1, -0.05) is 152 Å². The van der Waals surface area contributed by atoms with Crippen LogP contribution in [0.25, 0.3) is 39.1 Å². The topological polar surface area (TPSA) is 27.6 Å². The molecule has 0 atom stereocenters. The molecule has 0 fully saturated rings. The molecule has 0 saturated carbocycles. The molecule has 0 bridgehead atoms. The number of benzene rings is 6. The van der Waals surface area contributed by atoms with Gasteiger partial charge in [-0.2, -0.15) is 10.2 Å². The van der Waals surface area contributed by atoms with Crippen LogP contribution in [-0.4, -0.2) is 5.71 Å². The van der Waals surface area contributed by atoms with Crippen LogP contribution in [0, 0.1) is 0 Å². The van der Waals surface area contributed by atoms with Gasteiger partial charge in [0.15, 0.2) is 0 Å². The van der Waals surface area contributed by atoms with E-state index in [2.05, 4.69) is 157 Å². The van der Waals surface area contributed by atoms with Crippen LogP contribution < -0.4 is 10.5 Å². The fourth-order valence-electron chi connectivity index (χ4n) is 5.22. The van der Waals surface area contributed by atoms with Crippen molar-refractivity contribution >= 4 is 17.1 Å². The Bertz CT molecular complexity index is 1840. The van der Waals surface area contributed by atoms with Crippen LogP contribution in [0.15, 0.2) is 175 Å². The Morgan fingerprint density at radius 1 is 0.357 bits per heavy atom. The molecule has 6 aromatic carbocycles. The predicted octanol–water partition coefficient (Wildman–Crippen LogP) is 9.46. The summed E-state index contributed by atoms with van der Waals surface area (Å²) < 4.78 is 0. The second-order valence-corrected chi connectivity index (χ2v) is 10.3. The third-order valence-electron chi connectivity index (χ3n) is 7.52. The largest absolute Gasteiger partial charge is 0.277 e. The SMILES string of the molecule is C1=C(c2ccc(-c3ccccc3)cc2)NN(c2ccc(-c3ccccc3)cc2)N=C1c1ccc(-c2ccccc2)cc1. The molecule has 1 aliphatic heterocycles. The molecule has 0 radical (unpaired) electrons. The lowest BCUT2D eigenvalue weighted by molar-refractivity contribution is 0.787. The third-order valence-corrected chi connectivity index (χ3v) is 7.52. The first-order chi connectivity index (χ1) is 20.8. The average molecular weight is 540 g/mol. The van der Waals surface area contributed by atoms with Crippen molar-refractivity contribution < 1.29 is 0 Å². The standard InChI is InChI=1S/C39H29N3/c1-4-10-29(11-5-1)32-16-20-35(21-17-32)38-28-39(36-22-18-33(19-23-36)30-12-6-2-7-13-30)41-42(40-38)37-26-24-34(25-27-37)31-14-8-3-9-15-31/h1-28,40H. The summed E-state index contributed by atoms with van der Waals surface area (Å²) in [6.45, 7) is 0. The van der Waals surface area contributed by atoms with E-state index in [1.807, 2.05) is 23.3 Å². The van der Waals surface area contributed by atoms with Gasteiger partial charge < -0.3 is 0 Å². The molecule has 0 amide bonds. The fraction of sp³-hybridized carbons (Fsp3) is 0. The Hall–Kier alpha value is -5.67. The van der Waals surface area contributed by atoms with Crippen molar-refractivity contribution in [2.75, 3.05) is 5.12 Å². The van der Waals surface area contributed by atoms with Crippen molar-refractivity contribution in [1.29, 1.82) is 0 Å². The summed E-state index contributed by atoms with van der Waals surface area (Å²) in [5.41, 5.74) is 15.7. The van der Waals surface area contributed by atoms with Gasteiger partial charge >= 0.3 is 0 Å². The number of hydrogen-bond donors (Lipinski definition) is 1. The molecule has 3 nitrogen and oxygen atoms in total. The van der Waals surface area contributed by atoms with Gasteiger partial charge in [-0.05, 0) is 57.2 Å². The van der Waals surface area contributed by atoms with E-state index in [4.69, 9.17) is 5.10 Å². The summed E-state index contributed by atoms with van der Waals surface area (Å²) >= 11 is 0. The highest BCUT2D eigenvalue weighted by Gasteiger charge is 2.18. The first-order valence-electron chi connectivity index (χ1n) is 14.1. The molecule has 200 valence electrons. The minimum atomic E-state index is 0.891. The minimum absolute atomic E-state index is 0.891. The number of allylic oxidation sites excluding steroid dienone is 1. The first-order valence-corrected chi connectivity index (χ1v) is 14.1. The summed E-state index contributed by atoms with van der Waals surface area (Å²) in [5, 5.41) is 6.90. The van der Waals surface area contributed by atoms with E-state index in [9.17, 15) is 0 Å². The highest BCUT2D eigenvalue weighted by molar-refractivity contribution is 6.13. The van der Waals surface area contributed by atoms with Crippen molar-refractivity contribution in [3.05, 3.63) is 181 Å². The molecular formula is C39H29N3. The van der Waals surface area contributed by atoms with Gasteiger partial charge in [0.2, 0.25) is 0 Å². The Balaban J connectivity index is 1.23. The summed E-state index contributed by atoms with van der Waals surface area (Å²) in [7, 11) is 0. The normalized spacial score (nSPS) is 12.7. The number of hydrogen-bond acceptors (Lipinski definition) is 3. The van der Waals surface area contributed by atoms with Gasteiger partial charge in [0.25, 0.3) is 0 Å². The third kappa shape index (κ3) is 5.36.